The maximum atomic E-state index is 11.1. The molecule has 3 nitrogen and oxygen atoms in total. The molecule has 1 rings (SSSR count). The lowest BCUT2D eigenvalue weighted by atomic mass is 10.3. The lowest BCUT2D eigenvalue weighted by molar-refractivity contribution is -0.121. The first-order valence-corrected chi connectivity index (χ1v) is 4.97. The van der Waals surface area contributed by atoms with Crippen molar-refractivity contribution in [2.75, 3.05) is 0 Å². The first-order chi connectivity index (χ1) is 6.72. The van der Waals surface area contributed by atoms with E-state index in [1.807, 2.05) is 6.92 Å². The van der Waals surface area contributed by atoms with Gasteiger partial charge >= 0.3 is 0 Å². The number of carbonyl (C=O) groups excluding carboxylic acids is 1. The summed E-state index contributed by atoms with van der Waals surface area (Å²) in [5.74, 6) is 0.0503. The Bertz CT molecular complexity index is 315. The number of hydrogen-bond donors (Lipinski definition) is 1. The van der Waals surface area contributed by atoms with E-state index in [1.54, 1.807) is 18.3 Å². The van der Waals surface area contributed by atoms with Crippen LogP contribution in [0.1, 0.15) is 25.5 Å². The topological polar surface area (TPSA) is 42.0 Å². The Kier molecular flexibility index (Phi) is 4.40. The number of nitrogens with zero attached hydrogens (tertiary/aromatic N) is 1. The summed E-state index contributed by atoms with van der Waals surface area (Å²) in [6.07, 6.45) is 3.04. The molecule has 0 bridgehead atoms. The SMILES string of the molecule is CCCC(=O)NCc1cc(Cl)ccn1. The van der Waals surface area contributed by atoms with Crippen LogP contribution in [0.4, 0.5) is 0 Å². The Morgan fingerprint density at radius 3 is 3.07 bits per heavy atom. The third-order valence-corrected chi connectivity index (χ3v) is 1.96. The van der Waals surface area contributed by atoms with Gasteiger partial charge in [-0.1, -0.05) is 18.5 Å². The van der Waals surface area contributed by atoms with Crippen molar-refractivity contribution >= 4 is 17.5 Å². The van der Waals surface area contributed by atoms with Gasteiger partial charge in [0.05, 0.1) is 12.2 Å². The average Bonchev–Trinajstić information content (AvgIpc) is 2.15. The molecule has 76 valence electrons. The predicted octanol–water partition coefficient (Wildman–Crippen LogP) is 2.15. The number of aromatic nitrogens is 1. The molecule has 14 heavy (non-hydrogen) atoms. The molecule has 0 saturated carbocycles. The summed E-state index contributed by atoms with van der Waals surface area (Å²) in [7, 11) is 0. The summed E-state index contributed by atoms with van der Waals surface area (Å²) >= 11 is 5.77. The van der Waals surface area contributed by atoms with Crippen LogP contribution < -0.4 is 5.32 Å². The van der Waals surface area contributed by atoms with E-state index in [0.29, 0.717) is 18.0 Å². The van der Waals surface area contributed by atoms with Gasteiger partial charge in [-0.05, 0) is 18.6 Å². The quantitative estimate of drug-likeness (QED) is 0.831. The fourth-order valence-electron chi connectivity index (χ4n) is 1.05. The lowest BCUT2D eigenvalue weighted by Gasteiger charge is -2.03. The smallest absolute Gasteiger partial charge is 0.220 e. The number of carbonyl (C=O) groups is 1. The molecule has 0 saturated heterocycles. The number of nitrogens with one attached hydrogen (secondary N) is 1. The molecule has 0 unspecified atom stereocenters. The molecule has 0 spiro atoms. The summed E-state index contributed by atoms with van der Waals surface area (Å²) < 4.78 is 0. The first kappa shape index (κ1) is 11.0. The van der Waals surface area contributed by atoms with Crippen molar-refractivity contribution in [3.63, 3.8) is 0 Å². The van der Waals surface area contributed by atoms with Crippen molar-refractivity contribution in [3.05, 3.63) is 29.0 Å². The summed E-state index contributed by atoms with van der Waals surface area (Å²) in [6.45, 7) is 2.41. The van der Waals surface area contributed by atoms with Gasteiger partial charge in [0, 0.05) is 17.6 Å². The monoisotopic (exact) mass is 212 g/mol. The van der Waals surface area contributed by atoms with Crippen molar-refractivity contribution in [2.45, 2.75) is 26.3 Å². The maximum Gasteiger partial charge on any atom is 0.220 e. The third-order valence-electron chi connectivity index (χ3n) is 1.72. The van der Waals surface area contributed by atoms with Crippen LogP contribution in [0.2, 0.25) is 5.02 Å². The fraction of sp³-hybridized carbons (Fsp3) is 0.400. The van der Waals surface area contributed by atoms with E-state index in [4.69, 9.17) is 11.6 Å². The van der Waals surface area contributed by atoms with E-state index >= 15 is 0 Å². The molecule has 0 aliphatic carbocycles. The van der Waals surface area contributed by atoms with E-state index in [0.717, 1.165) is 12.1 Å². The molecule has 0 aliphatic heterocycles. The summed E-state index contributed by atoms with van der Waals surface area (Å²) in [5, 5.41) is 3.41. The van der Waals surface area contributed by atoms with Gasteiger partial charge in [0.2, 0.25) is 5.91 Å². The Morgan fingerprint density at radius 1 is 1.64 bits per heavy atom. The van der Waals surface area contributed by atoms with Crippen molar-refractivity contribution < 1.29 is 4.79 Å². The third kappa shape index (κ3) is 3.75. The second-order valence-corrected chi connectivity index (χ2v) is 3.43. The highest BCUT2D eigenvalue weighted by Crippen LogP contribution is 2.07. The van der Waals surface area contributed by atoms with Gasteiger partial charge in [-0.3, -0.25) is 9.78 Å². The van der Waals surface area contributed by atoms with Crippen LogP contribution in [0, 0.1) is 0 Å². The van der Waals surface area contributed by atoms with E-state index in [2.05, 4.69) is 10.3 Å². The molecule has 1 N–H and O–H groups in total. The number of hydrogen-bond acceptors (Lipinski definition) is 2. The molecule has 1 aromatic heterocycles. The van der Waals surface area contributed by atoms with Gasteiger partial charge in [0.25, 0.3) is 0 Å². The minimum absolute atomic E-state index is 0.0503. The molecule has 1 aromatic rings. The van der Waals surface area contributed by atoms with Crippen LogP contribution in [0.3, 0.4) is 0 Å². The molecular formula is C10H13ClN2O. The normalized spacial score (nSPS) is 9.86. The van der Waals surface area contributed by atoms with Crippen LogP contribution in [-0.2, 0) is 11.3 Å². The standard InChI is InChI=1S/C10H13ClN2O/c1-2-3-10(14)13-7-9-6-8(11)4-5-12-9/h4-6H,2-3,7H2,1H3,(H,13,14). The molecular weight excluding hydrogens is 200 g/mol. The van der Waals surface area contributed by atoms with E-state index < -0.39 is 0 Å². The van der Waals surface area contributed by atoms with Crippen molar-refractivity contribution in [3.8, 4) is 0 Å². The lowest BCUT2D eigenvalue weighted by Crippen LogP contribution is -2.22. The highest BCUT2D eigenvalue weighted by molar-refractivity contribution is 6.30. The number of pyridine rings is 1. The molecule has 0 radical (unpaired) electrons. The number of rotatable bonds is 4. The summed E-state index contributed by atoms with van der Waals surface area (Å²) in [6, 6.07) is 3.45. The van der Waals surface area contributed by atoms with Crippen molar-refractivity contribution in [2.24, 2.45) is 0 Å². The largest absolute Gasteiger partial charge is 0.350 e. The Morgan fingerprint density at radius 2 is 2.43 bits per heavy atom. The number of amides is 1. The zero-order valence-corrected chi connectivity index (χ0v) is 8.84. The highest BCUT2D eigenvalue weighted by atomic mass is 35.5. The second-order valence-electron chi connectivity index (χ2n) is 2.99. The van der Waals surface area contributed by atoms with E-state index in [-0.39, 0.29) is 5.91 Å². The summed E-state index contributed by atoms with van der Waals surface area (Å²) in [4.78, 5) is 15.2. The maximum absolute atomic E-state index is 11.1. The van der Waals surface area contributed by atoms with Crippen LogP contribution in [0.25, 0.3) is 0 Å². The van der Waals surface area contributed by atoms with E-state index in [1.165, 1.54) is 0 Å². The number of halogens is 1. The molecule has 1 amide bonds. The van der Waals surface area contributed by atoms with Gasteiger partial charge in [-0.25, -0.2) is 0 Å². The van der Waals surface area contributed by atoms with Crippen LogP contribution in [0.5, 0.6) is 0 Å². The Hall–Kier alpha value is -1.09. The van der Waals surface area contributed by atoms with E-state index in [9.17, 15) is 4.79 Å². The molecule has 4 heteroatoms. The van der Waals surface area contributed by atoms with Gasteiger partial charge < -0.3 is 5.32 Å². The molecule has 0 fully saturated rings. The predicted molar refractivity (Wildman–Crippen MR) is 56.0 cm³/mol. The van der Waals surface area contributed by atoms with Gasteiger partial charge in [-0.15, -0.1) is 0 Å². The first-order valence-electron chi connectivity index (χ1n) is 4.59. The van der Waals surface area contributed by atoms with Crippen LogP contribution in [-0.4, -0.2) is 10.9 Å². The van der Waals surface area contributed by atoms with Gasteiger partial charge in [0.15, 0.2) is 0 Å². The minimum Gasteiger partial charge on any atom is -0.350 e. The summed E-state index contributed by atoms with van der Waals surface area (Å²) in [5.41, 5.74) is 0.780. The fourth-order valence-corrected chi connectivity index (χ4v) is 1.23. The zero-order chi connectivity index (χ0) is 10.4. The highest BCUT2D eigenvalue weighted by Gasteiger charge is 2.00. The van der Waals surface area contributed by atoms with Crippen molar-refractivity contribution in [1.29, 1.82) is 0 Å². The van der Waals surface area contributed by atoms with Crippen molar-refractivity contribution in [1.82, 2.24) is 10.3 Å². The van der Waals surface area contributed by atoms with Gasteiger partial charge in [-0.2, -0.15) is 0 Å². The molecule has 1 heterocycles. The Labute approximate surface area is 88.5 Å². The minimum atomic E-state index is 0.0503. The molecule has 0 atom stereocenters. The van der Waals surface area contributed by atoms with Crippen LogP contribution >= 0.6 is 11.6 Å². The average molecular weight is 213 g/mol. The second kappa shape index (κ2) is 5.60. The van der Waals surface area contributed by atoms with Gasteiger partial charge in [0.1, 0.15) is 0 Å². The molecule has 0 aliphatic rings. The molecule has 0 aromatic carbocycles. The zero-order valence-electron chi connectivity index (χ0n) is 8.09. The van der Waals surface area contributed by atoms with Crippen LogP contribution in [0.15, 0.2) is 18.3 Å². The Balaban J connectivity index is 2.41.